The van der Waals surface area contributed by atoms with Crippen molar-refractivity contribution in [3.63, 3.8) is 0 Å². The lowest BCUT2D eigenvalue weighted by Crippen LogP contribution is -2.51. The lowest BCUT2D eigenvalue weighted by atomic mass is 9.83. The number of aryl methyl sites for hydroxylation is 1. The first-order valence-electron chi connectivity index (χ1n) is 12.3. The molecule has 2 heterocycles. The Morgan fingerprint density at radius 2 is 1.68 bits per heavy atom. The number of carbonyl (C=O) groups is 1. The van der Waals surface area contributed by atoms with Crippen LogP contribution >= 0.6 is 0 Å². The zero-order valence-electron chi connectivity index (χ0n) is 20.5. The molecule has 8 heteroatoms. The van der Waals surface area contributed by atoms with Crippen molar-refractivity contribution in [3.8, 4) is 17.2 Å². The molecule has 1 atom stereocenters. The molecule has 0 aliphatic carbocycles. The van der Waals surface area contributed by atoms with Gasteiger partial charge in [-0.1, -0.05) is 42.5 Å². The molecule has 0 spiro atoms. The van der Waals surface area contributed by atoms with Gasteiger partial charge in [0.25, 0.3) is 5.91 Å². The van der Waals surface area contributed by atoms with E-state index in [0.29, 0.717) is 49.6 Å². The van der Waals surface area contributed by atoms with Gasteiger partial charge in [-0.3, -0.25) is 4.79 Å². The predicted molar refractivity (Wildman–Crippen MR) is 132 cm³/mol. The quantitative estimate of drug-likeness (QED) is 0.421. The maximum Gasteiger partial charge on any atom is 0.416 e. The molecule has 37 heavy (non-hydrogen) atoms. The van der Waals surface area contributed by atoms with Crippen molar-refractivity contribution in [3.05, 3.63) is 89.5 Å². The molecule has 1 fully saturated rings. The van der Waals surface area contributed by atoms with Crippen molar-refractivity contribution in [1.82, 2.24) is 4.90 Å². The molecular formula is C29H28F3NO4. The van der Waals surface area contributed by atoms with Gasteiger partial charge in [-0.25, -0.2) is 0 Å². The molecular weight excluding hydrogens is 483 g/mol. The van der Waals surface area contributed by atoms with Crippen LogP contribution in [0.5, 0.6) is 17.2 Å². The first-order valence-corrected chi connectivity index (χ1v) is 12.3. The fraction of sp³-hybridized carbons (Fsp3) is 0.345. The molecule has 0 aromatic heterocycles. The lowest BCUT2D eigenvalue weighted by molar-refractivity contribution is -0.143. The van der Waals surface area contributed by atoms with Crippen LogP contribution in [0.3, 0.4) is 0 Å². The molecule has 1 saturated heterocycles. The number of rotatable bonds is 5. The highest BCUT2D eigenvalue weighted by atomic mass is 19.4. The van der Waals surface area contributed by atoms with E-state index >= 15 is 0 Å². The van der Waals surface area contributed by atoms with Gasteiger partial charge in [-0.05, 0) is 54.3 Å². The minimum absolute atomic E-state index is 0.0762. The third-order valence-corrected chi connectivity index (χ3v) is 7.17. The number of methoxy groups -OCH3 is 1. The fourth-order valence-electron chi connectivity index (χ4n) is 5.14. The van der Waals surface area contributed by atoms with Crippen LogP contribution in [0.4, 0.5) is 13.2 Å². The molecule has 0 N–H and O–H groups in total. The fourth-order valence-corrected chi connectivity index (χ4v) is 5.14. The summed E-state index contributed by atoms with van der Waals surface area (Å²) < 4.78 is 57.0. The van der Waals surface area contributed by atoms with E-state index in [-0.39, 0.29) is 5.91 Å². The van der Waals surface area contributed by atoms with Crippen molar-refractivity contribution < 1.29 is 32.2 Å². The van der Waals surface area contributed by atoms with Crippen LogP contribution in [-0.4, -0.2) is 37.1 Å². The summed E-state index contributed by atoms with van der Waals surface area (Å²) in [6, 6.07) is 20.1. The number of para-hydroxylation sites is 1. The van der Waals surface area contributed by atoms with E-state index in [1.54, 1.807) is 12.0 Å². The zero-order valence-corrected chi connectivity index (χ0v) is 20.5. The summed E-state index contributed by atoms with van der Waals surface area (Å²) in [5.74, 6) is 1.52. The standard InChI is InChI=1S/C29H28F3NO4/c1-35-24-9-5-6-20-10-15-25(36-26(20)24)27(34)33-18-16-28(17-19-33,21-7-3-2-4-8-21)37-23-13-11-22(12-14-23)29(30,31)32/h2-9,11-14,25H,10,15-19H2,1H3. The Hall–Kier alpha value is -3.68. The number of benzene rings is 3. The van der Waals surface area contributed by atoms with Gasteiger partial charge in [-0.2, -0.15) is 13.2 Å². The van der Waals surface area contributed by atoms with E-state index in [4.69, 9.17) is 14.2 Å². The lowest BCUT2D eigenvalue weighted by Gasteiger charge is -2.43. The summed E-state index contributed by atoms with van der Waals surface area (Å²) in [5.41, 5.74) is 0.463. The van der Waals surface area contributed by atoms with Crippen molar-refractivity contribution >= 4 is 5.91 Å². The van der Waals surface area contributed by atoms with Crippen LogP contribution in [0.15, 0.2) is 72.8 Å². The van der Waals surface area contributed by atoms with Gasteiger partial charge in [0, 0.05) is 25.9 Å². The van der Waals surface area contributed by atoms with Crippen molar-refractivity contribution in [1.29, 1.82) is 0 Å². The monoisotopic (exact) mass is 511 g/mol. The molecule has 3 aromatic carbocycles. The van der Waals surface area contributed by atoms with Gasteiger partial charge in [0.1, 0.15) is 11.4 Å². The van der Waals surface area contributed by atoms with E-state index in [0.717, 1.165) is 29.7 Å². The summed E-state index contributed by atoms with van der Waals surface area (Å²) in [6.07, 6.45) is -2.70. The number of hydrogen-bond acceptors (Lipinski definition) is 4. The summed E-state index contributed by atoms with van der Waals surface area (Å²) in [5, 5.41) is 0. The highest BCUT2D eigenvalue weighted by molar-refractivity contribution is 5.82. The van der Waals surface area contributed by atoms with Crippen LogP contribution < -0.4 is 14.2 Å². The summed E-state index contributed by atoms with van der Waals surface area (Å²) in [7, 11) is 1.58. The molecule has 5 nitrogen and oxygen atoms in total. The maximum absolute atomic E-state index is 13.4. The normalized spacial score (nSPS) is 18.9. The first-order chi connectivity index (χ1) is 17.8. The Bertz CT molecular complexity index is 1220. The molecule has 1 amide bonds. The Kier molecular flexibility index (Phi) is 6.75. The second kappa shape index (κ2) is 10.00. The number of likely N-dealkylation sites (tertiary alicyclic amines) is 1. The van der Waals surface area contributed by atoms with Crippen LogP contribution in [0, 0.1) is 0 Å². The predicted octanol–water partition coefficient (Wildman–Crippen LogP) is 6.00. The Balaban J connectivity index is 1.32. The van der Waals surface area contributed by atoms with Gasteiger partial charge in [0.05, 0.1) is 12.7 Å². The van der Waals surface area contributed by atoms with Crippen LogP contribution in [0.1, 0.15) is 36.0 Å². The molecule has 5 rings (SSSR count). The number of carbonyl (C=O) groups excluding carboxylic acids is 1. The molecule has 3 aromatic rings. The first kappa shape index (κ1) is 25.0. The molecule has 1 unspecified atom stereocenters. The maximum atomic E-state index is 13.4. The molecule has 2 aliphatic rings. The van der Waals surface area contributed by atoms with Crippen LogP contribution in [0.2, 0.25) is 0 Å². The van der Waals surface area contributed by atoms with E-state index in [1.165, 1.54) is 12.1 Å². The van der Waals surface area contributed by atoms with Crippen molar-refractivity contribution in [2.45, 2.75) is 43.6 Å². The second-order valence-electron chi connectivity index (χ2n) is 9.40. The highest BCUT2D eigenvalue weighted by Crippen LogP contribution is 2.40. The molecule has 0 saturated carbocycles. The summed E-state index contributed by atoms with van der Waals surface area (Å²) in [4.78, 5) is 15.2. The minimum Gasteiger partial charge on any atom is -0.493 e. The minimum atomic E-state index is -4.41. The average molecular weight is 512 g/mol. The number of hydrogen-bond donors (Lipinski definition) is 0. The average Bonchev–Trinajstić information content (AvgIpc) is 2.92. The number of piperidine rings is 1. The van der Waals surface area contributed by atoms with Gasteiger partial charge >= 0.3 is 6.18 Å². The Morgan fingerprint density at radius 3 is 2.32 bits per heavy atom. The van der Waals surface area contributed by atoms with E-state index in [1.807, 2.05) is 48.5 Å². The summed E-state index contributed by atoms with van der Waals surface area (Å²) in [6.45, 7) is 0.875. The summed E-state index contributed by atoms with van der Waals surface area (Å²) >= 11 is 0. The molecule has 2 aliphatic heterocycles. The number of nitrogens with zero attached hydrogens (tertiary/aromatic N) is 1. The van der Waals surface area contributed by atoms with E-state index in [2.05, 4.69) is 0 Å². The Labute approximate surface area is 213 Å². The number of fused-ring (bicyclic) bond motifs is 1. The van der Waals surface area contributed by atoms with E-state index in [9.17, 15) is 18.0 Å². The van der Waals surface area contributed by atoms with Gasteiger partial charge in [-0.15, -0.1) is 0 Å². The third kappa shape index (κ3) is 5.10. The Morgan fingerprint density at radius 1 is 0.973 bits per heavy atom. The number of ether oxygens (including phenoxy) is 3. The number of alkyl halides is 3. The molecule has 0 bridgehead atoms. The SMILES string of the molecule is COc1cccc2c1OC(C(=O)N1CCC(Oc3ccc(C(F)(F)F)cc3)(c3ccccc3)CC1)CC2. The number of halogens is 3. The van der Waals surface area contributed by atoms with E-state index < -0.39 is 23.4 Å². The molecule has 194 valence electrons. The van der Waals surface area contributed by atoms with Gasteiger partial charge in [0.2, 0.25) is 0 Å². The highest BCUT2D eigenvalue weighted by Gasteiger charge is 2.42. The smallest absolute Gasteiger partial charge is 0.416 e. The third-order valence-electron chi connectivity index (χ3n) is 7.17. The van der Waals surface area contributed by atoms with Crippen LogP contribution in [0.25, 0.3) is 0 Å². The van der Waals surface area contributed by atoms with Crippen molar-refractivity contribution in [2.75, 3.05) is 20.2 Å². The molecule has 0 radical (unpaired) electrons. The van der Waals surface area contributed by atoms with Gasteiger partial charge in [0.15, 0.2) is 17.6 Å². The van der Waals surface area contributed by atoms with Crippen molar-refractivity contribution in [2.24, 2.45) is 0 Å². The second-order valence-corrected chi connectivity index (χ2v) is 9.40. The largest absolute Gasteiger partial charge is 0.493 e. The van der Waals surface area contributed by atoms with Gasteiger partial charge < -0.3 is 19.1 Å². The topological polar surface area (TPSA) is 48.0 Å². The zero-order chi connectivity index (χ0) is 26.0. The number of amides is 1. The van der Waals surface area contributed by atoms with Crippen LogP contribution in [-0.2, 0) is 23.0 Å².